The lowest BCUT2D eigenvalue weighted by molar-refractivity contribution is -0.140. The highest BCUT2D eigenvalue weighted by Crippen LogP contribution is 2.24. The van der Waals surface area contributed by atoms with Crippen LogP contribution in [0.15, 0.2) is 48.5 Å². The normalized spacial score (nSPS) is 12.0. The van der Waals surface area contributed by atoms with Crippen LogP contribution in [-0.4, -0.2) is 57.6 Å². The van der Waals surface area contributed by atoms with Crippen LogP contribution in [0, 0.1) is 0 Å². The summed E-state index contributed by atoms with van der Waals surface area (Å²) in [6.45, 7) is 5.76. The van der Waals surface area contributed by atoms with Gasteiger partial charge >= 0.3 is 0 Å². The maximum Gasteiger partial charge on any atom is 0.244 e. The Morgan fingerprint density at radius 1 is 1.03 bits per heavy atom. The number of nitrogens with zero attached hydrogens (tertiary/aromatic N) is 2. The fraction of sp³-hybridized carbons (Fsp3) is 0.440. The summed E-state index contributed by atoms with van der Waals surface area (Å²) in [5.41, 5.74) is 2.09. The van der Waals surface area contributed by atoms with Gasteiger partial charge in [-0.3, -0.25) is 13.9 Å². The quantitative estimate of drug-likeness (QED) is 0.495. The zero-order valence-corrected chi connectivity index (χ0v) is 21.4. The predicted octanol–water partition coefficient (Wildman–Crippen LogP) is 2.97. The molecule has 0 aliphatic heterocycles. The molecule has 2 amide bonds. The second-order valence-corrected chi connectivity index (χ2v) is 9.85. The number of carbonyl (C=O) groups is 2. The number of para-hydroxylation sites is 1. The highest BCUT2D eigenvalue weighted by atomic mass is 32.2. The van der Waals surface area contributed by atoms with Crippen LogP contribution < -0.4 is 14.4 Å². The molecule has 186 valence electrons. The number of nitrogens with one attached hydrogen (secondary N) is 1. The molecule has 0 aliphatic carbocycles. The van der Waals surface area contributed by atoms with Crippen molar-refractivity contribution in [1.82, 2.24) is 10.2 Å². The summed E-state index contributed by atoms with van der Waals surface area (Å²) < 4.78 is 31.8. The van der Waals surface area contributed by atoms with E-state index in [-0.39, 0.29) is 12.5 Å². The second-order valence-electron chi connectivity index (χ2n) is 7.94. The van der Waals surface area contributed by atoms with Gasteiger partial charge in [-0.15, -0.1) is 0 Å². The standard InChI is InChI=1S/C25H35N3O5S/c1-6-20-11-9-10-12-23(20)28(34(5,31)32)18-24(29)27(22(7-2)25(30)26-8-3)17-19-13-15-21(33-4)16-14-19/h9-16,22H,6-8,17-18H2,1-5H3,(H,26,30)/t22-/m1/s1. The van der Waals surface area contributed by atoms with E-state index in [1.807, 2.05) is 45.0 Å². The molecular formula is C25H35N3O5S. The molecule has 0 unspecified atom stereocenters. The summed E-state index contributed by atoms with van der Waals surface area (Å²) in [5.74, 6) is -0.0474. The Hall–Kier alpha value is -3.07. The van der Waals surface area contributed by atoms with Gasteiger partial charge in [0.25, 0.3) is 0 Å². The first-order valence-electron chi connectivity index (χ1n) is 11.4. The molecule has 2 aromatic rings. The molecule has 0 radical (unpaired) electrons. The molecule has 34 heavy (non-hydrogen) atoms. The Bertz CT molecular complexity index is 1070. The van der Waals surface area contributed by atoms with Crippen molar-refractivity contribution in [2.75, 3.05) is 30.8 Å². The van der Waals surface area contributed by atoms with Gasteiger partial charge in [0, 0.05) is 13.1 Å². The zero-order valence-electron chi connectivity index (χ0n) is 20.6. The molecule has 0 fully saturated rings. The maximum absolute atomic E-state index is 13.6. The number of carbonyl (C=O) groups excluding carboxylic acids is 2. The van der Waals surface area contributed by atoms with Crippen LogP contribution >= 0.6 is 0 Å². The van der Waals surface area contributed by atoms with E-state index in [9.17, 15) is 18.0 Å². The SMILES string of the molecule is CCNC(=O)[C@@H](CC)N(Cc1ccc(OC)cc1)C(=O)CN(c1ccccc1CC)S(C)(=O)=O. The van der Waals surface area contributed by atoms with E-state index in [1.54, 1.807) is 31.4 Å². The smallest absolute Gasteiger partial charge is 0.244 e. The molecule has 0 heterocycles. The van der Waals surface area contributed by atoms with Crippen LogP contribution in [0.2, 0.25) is 0 Å². The van der Waals surface area contributed by atoms with Gasteiger partial charge in [-0.05, 0) is 49.1 Å². The number of benzene rings is 2. The number of likely N-dealkylation sites (N-methyl/N-ethyl adjacent to an activating group) is 1. The highest BCUT2D eigenvalue weighted by molar-refractivity contribution is 7.92. The summed E-state index contributed by atoms with van der Waals surface area (Å²) in [6.07, 6.45) is 2.09. The van der Waals surface area contributed by atoms with E-state index in [4.69, 9.17) is 4.74 Å². The topological polar surface area (TPSA) is 96.0 Å². The van der Waals surface area contributed by atoms with E-state index in [1.165, 1.54) is 4.90 Å². The molecule has 0 saturated carbocycles. The summed E-state index contributed by atoms with van der Waals surface area (Å²) in [7, 11) is -2.18. The third-order valence-corrected chi connectivity index (χ3v) is 6.70. The van der Waals surface area contributed by atoms with Crippen molar-refractivity contribution in [1.29, 1.82) is 0 Å². The first-order chi connectivity index (χ1) is 16.2. The van der Waals surface area contributed by atoms with Crippen molar-refractivity contribution in [3.05, 3.63) is 59.7 Å². The minimum Gasteiger partial charge on any atom is -0.497 e. The third-order valence-electron chi connectivity index (χ3n) is 5.57. The van der Waals surface area contributed by atoms with Gasteiger partial charge in [0.15, 0.2) is 0 Å². The number of hydrogen-bond acceptors (Lipinski definition) is 5. The van der Waals surface area contributed by atoms with Crippen LogP contribution in [0.1, 0.15) is 38.3 Å². The van der Waals surface area contributed by atoms with E-state index >= 15 is 0 Å². The Balaban J connectivity index is 2.45. The molecular weight excluding hydrogens is 454 g/mol. The van der Waals surface area contributed by atoms with Crippen LogP contribution in [0.5, 0.6) is 5.75 Å². The molecule has 0 spiro atoms. The first-order valence-corrected chi connectivity index (χ1v) is 13.3. The minimum absolute atomic E-state index is 0.158. The summed E-state index contributed by atoms with van der Waals surface area (Å²) in [5, 5.41) is 2.78. The molecule has 2 aromatic carbocycles. The fourth-order valence-electron chi connectivity index (χ4n) is 3.79. The zero-order chi connectivity index (χ0) is 25.3. The van der Waals surface area contributed by atoms with Crippen LogP contribution in [0.3, 0.4) is 0 Å². The van der Waals surface area contributed by atoms with E-state index in [0.717, 1.165) is 21.7 Å². The van der Waals surface area contributed by atoms with Crippen molar-refractivity contribution < 1.29 is 22.7 Å². The number of amides is 2. The van der Waals surface area contributed by atoms with Gasteiger partial charge in [-0.25, -0.2) is 8.42 Å². The van der Waals surface area contributed by atoms with Crippen LogP contribution in [0.25, 0.3) is 0 Å². The molecule has 9 heteroatoms. The van der Waals surface area contributed by atoms with Crippen molar-refractivity contribution >= 4 is 27.5 Å². The lowest BCUT2D eigenvalue weighted by atomic mass is 10.1. The second kappa shape index (κ2) is 12.4. The molecule has 0 aromatic heterocycles. The Morgan fingerprint density at radius 3 is 2.21 bits per heavy atom. The summed E-state index contributed by atoms with van der Waals surface area (Å²) in [6, 6.07) is 13.6. The van der Waals surface area contributed by atoms with Gasteiger partial charge in [0.05, 0.1) is 19.1 Å². The molecule has 2 rings (SSSR count). The molecule has 0 bridgehead atoms. The molecule has 8 nitrogen and oxygen atoms in total. The van der Waals surface area contributed by atoms with Crippen molar-refractivity contribution in [2.24, 2.45) is 0 Å². The Kier molecular flexibility index (Phi) is 9.92. The molecule has 1 atom stereocenters. The lowest BCUT2D eigenvalue weighted by Gasteiger charge is -2.33. The van der Waals surface area contributed by atoms with Gasteiger partial charge in [-0.2, -0.15) is 0 Å². The van der Waals surface area contributed by atoms with Crippen LogP contribution in [0.4, 0.5) is 5.69 Å². The van der Waals surface area contributed by atoms with Gasteiger partial charge in [-0.1, -0.05) is 44.2 Å². The average molecular weight is 490 g/mol. The molecule has 1 N–H and O–H groups in total. The summed E-state index contributed by atoms with van der Waals surface area (Å²) in [4.78, 5) is 27.9. The number of rotatable bonds is 12. The van der Waals surface area contributed by atoms with Gasteiger partial charge in [0.1, 0.15) is 18.3 Å². The number of anilines is 1. The number of methoxy groups -OCH3 is 1. The Morgan fingerprint density at radius 2 is 1.68 bits per heavy atom. The van der Waals surface area contributed by atoms with Crippen molar-refractivity contribution in [3.63, 3.8) is 0 Å². The first kappa shape index (κ1) is 27.2. The maximum atomic E-state index is 13.6. The number of aryl methyl sites for hydroxylation is 1. The van der Waals surface area contributed by atoms with E-state index < -0.39 is 28.5 Å². The predicted molar refractivity (Wildman–Crippen MR) is 134 cm³/mol. The van der Waals surface area contributed by atoms with Gasteiger partial charge < -0.3 is 15.0 Å². The molecule has 0 saturated heterocycles. The lowest BCUT2D eigenvalue weighted by Crippen LogP contribution is -2.52. The monoisotopic (exact) mass is 489 g/mol. The number of sulfonamides is 1. The largest absolute Gasteiger partial charge is 0.497 e. The third kappa shape index (κ3) is 6.96. The minimum atomic E-state index is -3.76. The Labute approximate surface area is 202 Å². The van der Waals surface area contributed by atoms with E-state index in [0.29, 0.717) is 30.8 Å². The van der Waals surface area contributed by atoms with Crippen molar-refractivity contribution in [3.8, 4) is 5.75 Å². The average Bonchev–Trinajstić information content (AvgIpc) is 2.82. The van der Waals surface area contributed by atoms with Crippen molar-refractivity contribution in [2.45, 2.75) is 46.2 Å². The molecule has 0 aliphatic rings. The van der Waals surface area contributed by atoms with Crippen LogP contribution in [-0.2, 0) is 32.6 Å². The fourth-order valence-corrected chi connectivity index (χ4v) is 4.67. The number of ether oxygens (including phenoxy) is 1. The highest BCUT2D eigenvalue weighted by Gasteiger charge is 2.32. The summed E-state index contributed by atoms with van der Waals surface area (Å²) >= 11 is 0. The number of hydrogen-bond donors (Lipinski definition) is 1. The van der Waals surface area contributed by atoms with E-state index in [2.05, 4.69) is 5.32 Å². The van der Waals surface area contributed by atoms with Gasteiger partial charge in [0.2, 0.25) is 21.8 Å².